The zero-order valence-corrected chi connectivity index (χ0v) is 9.72. The first kappa shape index (κ1) is 12.4. The third-order valence-corrected chi connectivity index (χ3v) is 2.27. The number of nitriles is 1. The Balaban J connectivity index is 0.00000128. The zero-order valence-electron chi connectivity index (χ0n) is 8.62. The molecule has 0 fully saturated rings. The summed E-state index contributed by atoms with van der Waals surface area (Å²) in [6, 6.07) is 5.39. The molecule has 1 aromatic carbocycles. The van der Waals surface area contributed by atoms with Crippen LogP contribution in [0.1, 0.15) is 0 Å². The van der Waals surface area contributed by atoms with Gasteiger partial charge in [0, 0.05) is 35.9 Å². The van der Waals surface area contributed by atoms with Crippen molar-refractivity contribution >= 4 is 17.2 Å². The van der Waals surface area contributed by atoms with Gasteiger partial charge in [0.15, 0.2) is 5.84 Å². The average molecular weight is 258 g/mol. The number of nitrogens with zero attached hydrogens (tertiary/aromatic N) is 3. The molecule has 0 aromatic heterocycles. The van der Waals surface area contributed by atoms with Gasteiger partial charge in [0.2, 0.25) is 6.19 Å². The molecule has 1 aliphatic rings. The van der Waals surface area contributed by atoms with Crippen molar-refractivity contribution in [3.63, 3.8) is 0 Å². The molecule has 6 heteroatoms. The largest absolute Gasteiger partial charge is 0.483 e. The minimum atomic E-state index is 0. The Kier molecular flexibility index (Phi) is 3.77. The van der Waals surface area contributed by atoms with Gasteiger partial charge in [-0.05, 0) is 12.1 Å². The van der Waals surface area contributed by atoms with E-state index in [9.17, 15) is 0 Å². The van der Waals surface area contributed by atoms with Crippen LogP contribution in [0.5, 0.6) is 5.75 Å². The summed E-state index contributed by atoms with van der Waals surface area (Å²) in [6.07, 6.45) is 1.75. The number of amidine groups is 1. The second-order valence-corrected chi connectivity index (χ2v) is 3.20. The Bertz CT molecular complexity index is 466. The molecule has 0 saturated carbocycles. The molecule has 0 aliphatic carbocycles. The predicted molar refractivity (Wildman–Crippen MR) is 57.8 cm³/mol. The van der Waals surface area contributed by atoms with Crippen molar-refractivity contribution in [2.75, 3.05) is 24.3 Å². The monoisotopic (exact) mass is 258 g/mol. The van der Waals surface area contributed by atoms with Crippen LogP contribution in [0.15, 0.2) is 23.2 Å². The second-order valence-electron chi connectivity index (χ2n) is 3.20. The van der Waals surface area contributed by atoms with Crippen molar-refractivity contribution in [3.05, 3.63) is 18.2 Å². The molecule has 2 rings (SSSR count). The first-order valence-electron chi connectivity index (χ1n) is 4.44. The van der Waals surface area contributed by atoms with Gasteiger partial charge in [0.25, 0.3) is 0 Å². The second kappa shape index (κ2) is 4.88. The fraction of sp³-hybridized carbons (Fsp3) is 0.200. The van der Waals surface area contributed by atoms with E-state index in [0.29, 0.717) is 18.1 Å². The maximum atomic E-state index is 8.49. The number of aliphatic imine (C=N–C) groups is 1. The fourth-order valence-electron chi connectivity index (χ4n) is 1.47. The summed E-state index contributed by atoms with van der Waals surface area (Å²) >= 11 is 0. The van der Waals surface area contributed by atoms with E-state index in [1.54, 1.807) is 18.3 Å². The molecule has 2 N–H and O–H groups in total. The zero-order chi connectivity index (χ0) is 10.8. The van der Waals surface area contributed by atoms with Gasteiger partial charge in [-0.25, -0.2) is 0 Å². The number of nitrogen functional groups attached to an aromatic ring is 1. The summed E-state index contributed by atoms with van der Waals surface area (Å²) in [5.74, 6) is 1.31. The Hall–Kier alpha value is -1.70. The van der Waals surface area contributed by atoms with Gasteiger partial charge in [-0.15, -0.1) is 0 Å². The van der Waals surface area contributed by atoms with Gasteiger partial charge in [0.1, 0.15) is 12.4 Å². The van der Waals surface area contributed by atoms with Crippen LogP contribution in [-0.2, 0) is 17.1 Å². The number of nitrogens with two attached hydrogens (primary N) is 1. The van der Waals surface area contributed by atoms with E-state index in [4.69, 9.17) is 15.7 Å². The molecule has 0 amide bonds. The Labute approximate surface area is 104 Å². The van der Waals surface area contributed by atoms with E-state index < -0.39 is 0 Å². The van der Waals surface area contributed by atoms with E-state index in [1.807, 2.05) is 18.0 Å². The first-order valence-corrected chi connectivity index (χ1v) is 4.44. The van der Waals surface area contributed by atoms with Crippen molar-refractivity contribution in [2.24, 2.45) is 4.99 Å². The van der Waals surface area contributed by atoms with Gasteiger partial charge in [-0.3, -0.25) is 0 Å². The summed E-state index contributed by atoms with van der Waals surface area (Å²) in [6.45, 7) is 0.292. The maximum absolute atomic E-state index is 8.49. The summed E-state index contributed by atoms with van der Waals surface area (Å²) in [7, 11) is 1.84. The van der Waals surface area contributed by atoms with Crippen LogP contribution in [0.3, 0.4) is 0 Å². The molecular weight excluding hydrogens is 248 g/mol. The average Bonchev–Trinajstić information content (AvgIpc) is 2.22. The minimum absolute atomic E-state index is 0. The number of ether oxygens (including phenoxy) is 1. The molecule has 1 aliphatic heterocycles. The molecule has 1 heterocycles. The molecule has 84 valence electrons. The number of fused-ring (bicyclic) bond motifs is 1. The van der Waals surface area contributed by atoms with Crippen LogP contribution in [0.2, 0.25) is 0 Å². The smallest absolute Gasteiger partial charge is 0.207 e. The number of hydrogen-bond acceptors (Lipinski definition) is 4. The molecule has 16 heavy (non-hydrogen) atoms. The van der Waals surface area contributed by atoms with E-state index in [1.165, 1.54) is 0 Å². The van der Waals surface area contributed by atoms with Crippen LogP contribution < -0.4 is 15.4 Å². The normalized spacial score (nSPS) is 15.8. The van der Waals surface area contributed by atoms with Gasteiger partial charge in [0.05, 0.1) is 5.69 Å². The predicted octanol–water partition coefficient (Wildman–Crippen LogP) is 0.974. The SMILES string of the molecule is CN1C(=NC#N)COc2cc(N)ccc21.[Fe]. The quantitative estimate of drug-likeness (QED) is 0.427. The van der Waals surface area contributed by atoms with Gasteiger partial charge >= 0.3 is 0 Å². The van der Waals surface area contributed by atoms with E-state index in [2.05, 4.69) is 4.99 Å². The first-order chi connectivity index (χ1) is 7.22. The molecule has 0 radical (unpaired) electrons. The topological polar surface area (TPSA) is 74.6 Å². The van der Waals surface area contributed by atoms with Crippen LogP contribution >= 0.6 is 0 Å². The molecular formula is C10H10FeN4O. The Morgan fingerprint density at radius 3 is 3.00 bits per heavy atom. The standard InChI is InChI=1S/C10H10N4O.Fe/c1-14-8-3-2-7(12)4-9(8)15-5-10(14)13-6-11;/h2-4H,5,12H2,1H3;. The van der Waals surface area contributed by atoms with Crippen LogP contribution in [0.25, 0.3) is 0 Å². The third kappa shape index (κ3) is 2.11. The summed E-state index contributed by atoms with van der Waals surface area (Å²) in [5, 5.41) is 8.49. The van der Waals surface area contributed by atoms with E-state index >= 15 is 0 Å². The van der Waals surface area contributed by atoms with Crippen LogP contribution in [0, 0.1) is 11.5 Å². The number of rotatable bonds is 0. The third-order valence-electron chi connectivity index (χ3n) is 2.27. The molecule has 5 nitrogen and oxygen atoms in total. The Morgan fingerprint density at radius 1 is 1.56 bits per heavy atom. The molecule has 0 atom stereocenters. The Morgan fingerprint density at radius 2 is 2.31 bits per heavy atom. The van der Waals surface area contributed by atoms with Crippen molar-refractivity contribution in [2.45, 2.75) is 0 Å². The van der Waals surface area contributed by atoms with Gasteiger partial charge in [-0.2, -0.15) is 10.3 Å². The van der Waals surface area contributed by atoms with Crippen LogP contribution in [-0.4, -0.2) is 19.5 Å². The fourth-order valence-corrected chi connectivity index (χ4v) is 1.47. The van der Waals surface area contributed by atoms with Crippen molar-refractivity contribution < 1.29 is 21.8 Å². The number of likely N-dealkylation sites (N-methyl/N-ethyl adjacent to an activating group) is 1. The number of anilines is 2. The maximum Gasteiger partial charge on any atom is 0.207 e. The summed E-state index contributed by atoms with van der Waals surface area (Å²) in [5.41, 5.74) is 7.16. The molecule has 0 spiro atoms. The van der Waals surface area contributed by atoms with Gasteiger partial charge < -0.3 is 15.4 Å². The van der Waals surface area contributed by atoms with E-state index in [0.717, 1.165) is 11.4 Å². The number of hydrogen-bond donors (Lipinski definition) is 1. The summed E-state index contributed by atoms with van der Waals surface area (Å²) in [4.78, 5) is 5.50. The molecule has 0 unspecified atom stereocenters. The van der Waals surface area contributed by atoms with Crippen molar-refractivity contribution in [3.8, 4) is 11.9 Å². The number of benzene rings is 1. The molecule has 0 bridgehead atoms. The summed E-state index contributed by atoms with van der Waals surface area (Å²) < 4.78 is 5.44. The van der Waals surface area contributed by atoms with Crippen molar-refractivity contribution in [1.82, 2.24) is 0 Å². The molecule has 1 aromatic rings. The van der Waals surface area contributed by atoms with Crippen molar-refractivity contribution in [1.29, 1.82) is 5.26 Å². The molecule has 0 saturated heterocycles. The van der Waals surface area contributed by atoms with Crippen LogP contribution in [0.4, 0.5) is 11.4 Å². The van der Waals surface area contributed by atoms with E-state index in [-0.39, 0.29) is 17.1 Å². The van der Waals surface area contributed by atoms with Gasteiger partial charge in [-0.1, -0.05) is 0 Å². The minimum Gasteiger partial charge on any atom is -0.483 e.